The monoisotopic (exact) mass is 330 g/mol. The summed E-state index contributed by atoms with van der Waals surface area (Å²) in [6, 6.07) is 5.31. The third kappa shape index (κ3) is 2.47. The van der Waals surface area contributed by atoms with E-state index in [4.69, 9.17) is 4.74 Å². The average Bonchev–Trinajstić information content (AvgIpc) is 3.07. The summed E-state index contributed by atoms with van der Waals surface area (Å²) in [6.45, 7) is 1.87. The molecule has 0 saturated heterocycles. The Kier molecular flexibility index (Phi) is 3.94. The molecule has 0 aliphatic carbocycles. The number of non-ortho nitro benzene ring substituents is 1. The Bertz CT molecular complexity index is 843. The van der Waals surface area contributed by atoms with E-state index in [-0.39, 0.29) is 5.69 Å². The van der Waals surface area contributed by atoms with Gasteiger partial charge in [0.25, 0.3) is 5.69 Å². The molecule has 0 saturated carbocycles. The first kappa shape index (κ1) is 15.6. The van der Waals surface area contributed by atoms with E-state index >= 15 is 0 Å². The van der Waals surface area contributed by atoms with Crippen molar-refractivity contribution in [1.82, 2.24) is 20.2 Å². The zero-order valence-electron chi connectivity index (χ0n) is 13.0. The number of hydrogen-bond donors (Lipinski definition) is 1. The number of methoxy groups -OCH3 is 1. The number of nitro benzene ring substituents is 1. The number of ether oxygens (including phenoxy) is 1. The number of carbonyl (C=O) groups excluding carboxylic acids is 1. The van der Waals surface area contributed by atoms with E-state index in [1.165, 1.54) is 23.9 Å². The lowest BCUT2D eigenvalue weighted by molar-refractivity contribution is -0.384. The highest BCUT2D eigenvalue weighted by atomic mass is 16.6. The van der Waals surface area contributed by atoms with Gasteiger partial charge in [-0.25, -0.2) is 4.79 Å². The molecule has 10 heteroatoms. The molecule has 0 radical (unpaired) electrons. The maximum Gasteiger partial charge on any atom is 0.338 e. The highest BCUT2D eigenvalue weighted by molar-refractivity contribution is 5.92. The van der Waals surface area contributed by atoms with Crippen molar-refractivity contribution < 1.29 is 14.5 Å². The normalized spacial score (nSPS) is 16.3. The molecule has 1 unspecified atom stereocenters. The van der Waals surface area contributed by atoms with Crippen molar-refractivity contribution in [2.24, 2.45) is 0 Å². The Hall–Kier alpha value is -3.30. The summed E-state index contributed by atoms with van der Waals surface area (Å²) in [5, 5.41) is 25.5. The van der Waals surface area contributed by atoms with Crippen molar-refractivity contribution in [2.45, 2.75) is 19.4 Å². The van der Waals surface area contributed by atoms with E-state index in [2.05, 4.69) is 20.8 Å². The molecule has 124 valence electrons. The molecule has 0 bridgehead atoms. The summed E-state index contributed by atoms with van der Waals surface area (Å²) in [4.78, 5) is 22.9. The molecule has 1 aliphatic heterocycles. The van der Waals surface area contributed by atoms with E-state index in [0.717, 1.165) is 0 Å². The van der Waals surface area contributed by atoms with Crippen LogP contribution in [0.25, 0.3) is 0 Å². The summed E-state index contributed by atoms with van der Waals surface area (Å²) < 4.78 is 6.30. The van der Waals surface area contributed by atoms with E-state index < -0.39 is 16.9 Å². The fraction of sp³-hybridized carbons (Fsp3) is 0.286. The van der Waals surface area contributed by atoms with Crippen molar-refractivity contribution in [2.75, 3.05) is 12.4 Å². The summed E-state index contributed by atoms with van der Waals surface area (Å²) in [6.07, 6.45) is 0.517. The van der Waals surface area contributed by atoms with Gasteiger partial charge in [-0.15, -0.1) is 0 Å². The first-order valence-corrected chi connectivity index (χ1v) is 7.17. The maximum atomic E-state index is 12.3. The number of nitrogens with one attached hydrogen (secondary N) is 1. The van der Waals surface area contributed by atoms with Crippen LogP contribution in [0.5, 0.6) is 0 Å². The van der Waals surface area contributed by atoms with Crippen molar-refractivity contribution >= 4 is 17.6 Å². The third-order valence-electron chi connectivity index (χ3n) is 3.75. The Morgan fingerprint density at radius 3 is 2.96 bits per heavy atom. The number of esters is 1. The van der Waals surface area contributed by atoms with Crippen LogP contribution in [0.2, 0.25) is 0 Å². The second-order valence-corrected chi connectivity index (χ2v) is 5.06. The smallest absolute Gasteiger partial charge is 0.338 e. The van der Waals surface area contributed by atoms with Crippen molar-refractivity contribution in [3.05, 3.63) is 51.2 Å². The second kappa shape index (κ2) is 6.07. The van der Waals surface area contributed by atoms with Gasteiger partial charge >= 0.3 is 5.97 Å². The summed E-state index contributed by atoms with van der Waals surface area (Å²) >= 11 is 0. The molecule has 1 aromatic heterocycles. The molecule has 1 atom stereocenters. The third-order valence-corrected chi connectivity index (χ3v) is 3.75. The molecule has 10 nitrogen and oxygen atoms in total. The standard InChI is InChI=1S/C14H14N6O4/c1-3-10-11(13(21)24-2)12(19-14(15-10)16-17-18-19)8-5-4-6-9(7-8)20(22)23/h4-7,12H,3H2,1-2H3,(H,15,16,18). The van der Waals surface area contributed by atoms with E-state index in [9.17, 15) is 14.9 Å². The topological polar surface area (TPSA) is 125 Å². The fourth-order valence-electron chi connectivity index (χ4n) is 2.68. The SMILES string of the molecule is CCC1=C(C(=O)OC)C(c2cccc([N+](=O)[O-])c2)n2nnnc2N1. The Labute approximate surface area is 136 Å². The average molecular weight is 330 g/mol. The fourth-order valence-corrected chi connectivity index (χ4v) is 2.68. The zero-order valence-corrected chi connectivity index (χ0v) is 13.0. The summed E-state index contributed by atoms with van der Waals surface area (Å²) in [7, 11) is 1.28. The lowest BCUT2D eigenvalue weighted by atomic mass is 9.94. The van der Waals surface area contributed by atoms with E-state index in [1.54, 1.807) is 12.1 Å². The first-order chi connectivity index (χ1) is 11.6. The molecule has 3 rings (SSSR count). The highest BCUT2D eigenvalue weighted by Crippen LogP contribution is 2.36. The van der Waals surface area contributed by atoms with Gasteiger partial charge in [-0.05, 0) is 22.4 Å². The zero-order chi connectivity index (χ0) is 17.3. The molecule has 0 amide bonds. The lowest BCUT2D eigenvalue weighted by Gasteiger charge is -2.27. The summed E-state index contributed by atoms with van der Waals surface area (Å²) in [5.41, 5.74) is 1.37. The summed E-state index contributed by atoms with van der Waals surface area (Å²) in [5.74, 6) is -0.187. The first-order valence-electron chi connectivity index (χ1n) is 7.17. The number of carbonyl (C=O) groups is 1. The predicted molar refractivity (Wildman–Crippen MR) is 82.0 cm³/mol. The van der Waals surface area contributed by atoms with Gasteiger partial charge in [0.2, 0.25) is 5.95 Å². The van der Waals surface area contributed by atoms with Crippen LogP contribution < -0.4 is 5.32 Å². The van der Waals surface area contributed by atoms with Gasteiger partial charge in [-0.1, -0.05) is 24.2 Å². The highest BCUT2D eigenvalue weighted by Gasteiger charge is 2.35. The number of hydrogen-bond acceptors (Lipinski definition) is 8. The van der Waals surface area contributed by atoms with Crippen LogP contribution in [0.1, 0.15) is 24.9 Å². The molecule has 0 fully saturated rings. The molecule has 1 N–H and O–H groups in total. The van der Waals surface area contributed by atoms with Gasteiger partial charge in [-0.2, -0.15) is 4.68 Å². The predicted octanol–water partition coefficient (Wildman–Crippen LogP) is 1.43. The Morgan fingerprint density at radius 2 is 2.29 bits per heavy atom. The number of anilines is 1. The number of rotatable bonds is 4. The molecule has 1 aliphatic rings. The number of fused-ring (bicyclic) bond motifs is 1. The molecule has 2 heterocycles. The van der Waals surface area contributed by atoms with Crippen LogP contribution in [0.3, 0.4) is 0 Å². The molecule has 0 spiro atoms. The number of benzene rings is 1. The van der Waals surface area contributed by atoms with Crippen LogP contribution in [0.4, 0.5) is 11.6 Å². The van der Waals surface area contributed by atoms with Crippen LogP contribution in [-0.2, 0) is 9.53 Å². The molecular formula is C14H14N6O4. The van der Waals surface area contributed by atoms with Crippen molar-refractivity contribution in [1.29, 1.82) is 0 Å². The van der Waals surface area contributed by atoms with Crippen molar-refractivity contribution in [3.8, 4) is 0 Å². The minimum absolute atomic E-state index is 0.0806. The Balaban J connectivity index is 2.21. The van der Waals surface area contributed by atoms with Crippen LogP contribution in [0, 0.1) is 10.1 Å². The van der Waals surface area contributed by atoms with Gasteiger partial charge in [0, 0.05) is 17.8 Å². The minimum Gasteiger partial charge on any atom is -0.466 e. The minimum atomic E-state index is -0.710. The lowest BCUT2D eigenvalue weighted by Crippen LogP contribution is -2.30. The number of allylic oxidation sites excluding steroid dienone is 1. The quantitative estimate of drug-likeness (QED) is 0.507. The maximum absolute atomic E-state index is 12.3. The van der Waals surface area contributed by atoms with Gasteiger partial charge in [-0.3, -0.25) is 10.1 Å². The van der Waals surface area contributed by atoms with Crippen molar-refractivity contribution in [3.63, 3.8) is 0 Å². The van der Waals surface area contributed by atoms with Gasteiger partial charge < -0.3 is 10.1 Å². The largest absolute Gasteiger partial charge is 0.466 e. The van der Waals surface area contributed by atoms with Crippen LogP contribution >= 0.6 is 0 Å². The molecule has 1 aromatic carbocycles. The Morgan fingerprint density at radius 1 is 1.50 bits per heavy atom. The van der Waals surface area contributed by atoms with E-state index in [0.29, 0.717) is 29.2 Å². The number of aromatic nitrogens is 4. The molecule has 24 heavy (non-hydrogen) atoms. The number of tetrazole rings is 1. The van der Waals surface area contributed by atoms with Crippen LogP contribution in [0.15, 0.2) is 35.5 Å². The van der Waals surface area contributed by atoms with E-state index in [1.807, 2.05) is 6.92 Å². The van der Waals surface area contributed by atoms with Gasteiger partial charge in [0.05, 0.1) is 17.6 Å². The van der Waals surface area contributed by atoms with Gasteiger partial charge in [0.1, 0.15) is 6.04 Å². The molecular weight excluding hydrogens is 316 g/mol. The number of nitrogens with zero attached hydrogens (tertiary/aromatic N) is 5. The van der Waals surface area contributed by atoms with Crippen LogP contribution in [-0.4, -0.2) is 38.2 Å². The van der Waals surface area contributed by atoms with Gasteiger partial charge in [0.15, 0.2) is 0 Å². The number of nitro groups is 1. The molecule has 2 aromatic rings. The second-order valence-electron chi connectivity index (χ2n) is 5.06.